The van der Waals surface area contributed by atoms with Crippen molar-refractivity contribution < 1.29 is 24.2 Å². The van der Waals surface area contributed by atoms with Crippen molar-refractivity contribution in [3.8, 4) is 5.75 Å². The van der Waals surface area contributed by atoms with Gasteiger partial charge in [-0.2, -0.15) is 0 Å². The number of methoxy groups -OCH3 is 1. The second-order valence-electron chi connectivity index (χ2n) is 10.1. The van der Waals surface area contributed by atoms with Gasteiger partial charge in [0.1, 0.15) is 5.75 Å². The summed E-state index contributed by atoms with van der Waals surface area (Å²) in [6, 6.07) is 4.33. The van der Waals surface area contributed by atoms with Crippen LogP contribution >= 0.6 is 0 Å². The van der Waals surface area contributed by atoms with Gasteiger partial charge in [-0.1, -0.05) is 0 Å². The number of Topliss-reactive ketones (excluding diaryl/α,β-unsaturated/α-hetero) is 1. The predicted octanol–water partition coefficient (Wildman–Crippen LogP) is 2.37. The molecule has 1 aromatic carbocycles. The average molecular weight is 458 g/mol. The van der Waals surface area contributed by atoms with Crippen LogP contribution in [0.5, 0.6) is 5.75 Å². The zero-order valence-electron chi connectivity index (χ0n) is 19.7. The highest BCUT2D eigenvalue weighted by molar-refractivity contribution is 5.97. The van der Waals surface area contributed by atoms with Crippen LogP contribution in [0.3, 0.4) is 0 Å². The summed E-state index contributed by atoms with van der Waals surface area (Å²) in [7, 11) is 1.57. The molecule has 4 atom stereocenters. The van der Waals surface area contributed by atoms with Crippen LogP contribution in [0.4, 0.5) is 4.79 Å². The Bertz CT molecular complexity index is 961. The third-order valence-corrected chi connectivity index (χ3v) is 8.29. The molecule has 0 radical (unpaired) electrons. The summed E-state index contributed by atoms with van der Waals surface area (Å²) in [5.74, 6) is 0.269. The topological polar surface area (TPSA) is 122 Å². The van der Waals surface area contributed by atoms with Gasteiger partial charge in [0.2, 0.25) is 5.91 Å². The molecule has 33 heavy (non-hydrogen) atoms. The number of benzene rings is 1. The monoisotopic (exact) mass is 457 g/mol. The number of nitrogens with zero attached hydrogens (tertiary/aromatic N) is 1. The molecule has 1 heterocycles. The van der Waals surface area contributed by atoms with Crippen molar-refractivity contribution in [3.05, 3.63) is 29.3 Å². The molecule has 4 unspecified atom stereocenters. The van der Waals surface area contributed by atoms with Crippen LogP contribution in [-0.4, -0.2) is 59.6 Å². The number of ketones is 1. The minimum absolute atomic E-state index is 0.0962. The number of aliphatic hydroxyl groups is 1. The molecule has 1 aliphatic heterocycles. The van der Waals surface area contributed by atoms with E-state index in [1.807, 2.05) is 6.07 Å². The maximum atomic E-state index is 12.8. The Morgan fingerprint density at radius 2 is 1.97 bits per heavy atom. The molecule has 0 aromatic heterocycles. The molecule has 0 bridgehead atoms. The number of hydrogen-bond acceptors (Lipinski definition) is 6. The fraction of sp³-hybridized carbons (Fsp3) is 0.640. The van der Waals surface area contributed by atoms with Crippen molar-refractivity contribution in [2.45, 2.75) is 69.4 Å². The highest BCUT2D eigenvalue weighted by Crippen LogP contribution is 2.57. The number of carbonyl (C=O) groups is 3. The van der Waals surface area contributed by atoms with Gasteiger partial charge in [-0.25, -0.2) is 4.79 Å². The van der Waals surface area contributed by atoms with E-state index >= 15 is 0 Å². The Morgan fingerprint density at radius 3 is 2.58 bits per heavy atom. The van der Waals surface area contributed by atoms with Gasteiger partial charge >= 0.3 is 6.03 Å². The van der Waals surface area contributed by atoms with Crippen LogP contribution in [0.2, 0.25) is 0 Å². The van der Waals surface area contributed by atoms with E-state index in [4.69, 9.17) is 10.5 Å². The summed E-state index contributed by atoms with van der Waals surface area (Å²) in [5.41, 5.74) is 4.50. The van der Waals surface area contributed by atoms with E-state index in [-0.39, 0.29) is 11.8 Å². The van der Waals surface area contributed by atoms with Crippen LogP contribution in [-0.2, 0) is 10.2 Å². The molecule has 4 N–H and O–H groups in total. The lowest BCUT2D eigenvalue weighted by Crippen LogP contribution is -2.70. The summed E-state index contributed by atoms with van der Waals surface area (Å²) in [6.45, 7) is 5.31. The molecule has 3 aliphatic rings. The predicted molar refractivity (Wildman–Crippen MR) is 123 cm³/mol. The number of rotatable bonds is 6. The molecule has 1 saturated heterocycles. The standard InChI is InChI=1S/C25H35N3O5/c1-15(29)20-7-6-19(33-3)12-21(20)24-10-11-28(14-17-4-5-17)16(2)25(24,32)9-8-18(13-24)22(30)27-23(26)31/h6-7,12,16-18,32H,4-5,8-11,13-14H2,1-3H3,(H3,26,27,30,31). The number of ether oxygens (including phenoxy) is 1. The highest BCUT2D eigenvalue weighted by atomic mass is 16.5. The lowest BCUT2D eigenvalue weighted by atomic mass is 9.51. The van der Waals surface area contributed by atoms with Gasteiger partial charge in [-0.05, 0) is 88.6 Å². The van der Waals surface area contributed by atoms with Gasteiger partial charge in [-0.3, -0.25) is 19.8 Å². The summed E-state index contributed by atoms with van der Waals surface area (Å²) in [4.78, 5) is 39.2. The van der Waals surface area contributed by atoms with Crippen LogP contribution in [0.1, 0.15) is 68.3 Å². The van der Waals surface area contributed by atoms with Crippen molar-refractivity contribution in [3.63, 3.8) is 0 Å². The highest BCUT2D eigenvalue weighted by Gasteiger charge is 2.62. The minimum atomic E-state index is -1.14. The van der Waals surface area contributed by atoms with Gasteiger partial charge in [0.05, 0.1) is 12.7 Å². The van der Waals surface area contributed by atoms with Gasteiger partial charge in [0.25, 0.3) is 0 Å². The Morgan fingerprint density at radius 1 is 1.24 bits per heavy atom. The van der Waals surface area contributed by atoms with E-state index in [1.54, 1.807) is 19.2 Å². The third-order valence-electron chi connectivity index (χ3n) is 8.29. The number of amides is 3. The van der Waals surface area contributed by atoms with Crippen LogP contribution in [0.15, 0.2) is 18.2 Å². The van der Waals surface area contributed by atoms with E-state index in [0.29, 0.717) is 42.9 Å². The first-order chi connectivity index (χ1) is 15.6. The fourth-order valence-corrected chi connectivity index (χ4v) is 6.25. The number of fused-ring (bicyclic) bond motifs is 1. The lowest BCUT2D eigenvalue weighted by Gasteiger charge is -2.61. The average Bonchev–Trinajstić information content (AvgIpc) is 3.59. The number of piperidine rings is 1. The summed E-state index contributed by atoms with van der Waals surface area (Å²) in [5, 5.41) is 14.6. The van der Waals surface area contributed by atoms with Crippen molar-refractivity contribution in [1.82, 2.24) is 10.2 Å². The number of likely N-dealkylation sites (tertiary alicyclic amines) is 1. The van der Waals surface area contributed by atoms with E-state index < -0.39 is 28.9 Å². The Hall–Kier alpha value is -2.45. The molecular weight excluding hydrogens is 422 g/mol. The van der Waals surface area contributed by atoms with E-state index in [0.717, 1.165) is 18.7 Å². The van der Waals surface area contributed by atoms with E-state index in [9.17, 15) is 19.5 Å². The maximum Gasteiger partial charge on any atom is 0.318 e. The molecule has 4 rings (SSSR count). The quantitative estimate of drug-likeness (QED) is 0.564. The second-order valence-corrected chi connectivity index (χ2v) is 10.1. The van der Waals surface area contributed by atoms with Gasteiger partial charge in [0, 0.05) is 29.5 Å². The fourth-order valence-electron chi connectivity index (χ4n) is 6.25. The molecule has 2 saturated carbocycles. The molecule has 1 aromatic rings. The Balaban J connectivity index is 1.82. The number of nitrogens with one attached hydrogen (secondary N) is 1. The molecule has 3 amide bonds. The Labute approximate surface area is 194 Å². The SMILES string of the molecule is COc1ccc(C(C)=O)c(C23CCN(CC4CC4)C(C)C2(O)CCC(C(=O)NC(N)=O)C3)c1. The first-order valence-corrected chi connectivity index (χ1v) is 11.9. The summed E-state index contributed by atoms with van der Waals surface area (Å²) in [6.07, 6.45) is 4.23. The number of imide groups is 1. The van der Waals surface area contributed by atoms with E-state index in [1.165, 1.54) is 19.8 Å². The van der Waals surface area contributed by atoms with Gasteiger partial charge < -0.3 is 15.6 Å². The smallest absolute Gasteiger partial charge is 0.318 e. The largest absolute Gasteiger partial charge is 0.497 e. The van der Waals surface area contributed by atoms with E-state index in [2.05, 4.69) is 17.1 Å². The number of nitrogens with two attached hydrogens (primary N) is 1. The number of primary amides is 1. The third kappa shape index (κ3) is 4.15. The van der Waals surface area contributed by atoms with Crippen molar-refractivity contribution in [2.75, 3.05) is 20.2 Å². The zero-order chi connectivity index (χ0) is 24.0. The normalized spacial score (nSPS) is 32.0. The molecule has 0 spiro atoms. The summed E-state index contributed by atoms with van der Waals surface area (Å²) >= 11 is 0. The first kappa shape index (κ1) is 23.7. The Kier molecular flexibility index (Phi) is 6.26. The number of hydrogen-bond donors (Lipinski definition) is 3. The second kappa shape index (κ2) is 8.72. The molecular formula is C25H35N3O5. The summed E-state index contributed by atoms with van der Waals surface area (Å²) < 4.78 is 5.48. The van der Waals surface area contributed by atoms with Crippen molar-refractivity contribution in [1.29, 1.82) is 0 Å². The number of carbonyl (C=O) groups excluding carboxylic acids is 3. The van der Waals surface area contributed by atoms with Crippen LogP contribution < -0.4 is 15.8 Å². The van der Waals surface area contributed by atoms with Crippen molar-refractivity contribution >= 4 is 17.7 Å². The molecule has 180 valence electrons. The molecule has 2 aliphatic carbocycles. The van der Waals surface area contributed by atoms with Gasteiger partial charge in [-0.15, -0.1) is 0 Å². The lowest BCUT2D eigenvalue weighted by molar-refractivity contribution is -0.167. The zero-order valence-corrected chi connectivity index (χ0v) is 19.7. The van der Waals surface area contributed by atoms with Crippen molar-refractivity contribution in [2.24, 2.45) is 17.6 Å². The van der Waals surface area contributed by atoms with Gasteiger partial charge in [0.15, 0.2) is 5.78 Å². The molecule has 8 nitrogen and oxygen atoms in total. The maximum absolute atomic E-state index is 12.8. The van der Waals surface area contributed by atoms with Crippen LogP contribution in [0.25, 0.3) is 0 Å². The first-order valence-electron chi connectivity index (χ1n) is 11.9. The molecule has 8 heteroatoms. The van der Waals surface area contributed by atoms with Crippen LogP contribution in [0, 0.1) is 11.8 Å². The molecule has 3 fully saturated rings. The minimum Gasteiger partial charge on any atom is -0.497 e. The number of urea groups is 1.